The SMILES string of the molecule is [CH]1[CH]OC1. The first kappa shape index (κ1) is 2.21. The van der Waals surface area contributed by atoms with Crippen LogP contribution in [0.4, 0.5) is 0 Å². The zero-order chi connectivity index (χ0) is 2.83. The van der Waals surface area contributed by atoms with E-state index >= 15 is 0 Å². The van der Waals surface area contributed by atoms with E-state index < -0.39 is 0 Å². The van der Waals surface area contributed by atoms with Gasteiger partial charge >= 0.3 is 0 Å². The average Bonchev–Trinajstić information content (AvgIpc) is 0.722. The number of ether oxygens (including phenoxy) is 1. The summed E-state index contributed by atoms with van der Waals surface area (Å²) in [5.74, 6) is 0. The van der Waals surface area contributed by atoms with Gasteiger partial charge in [0, 0.05) is 6.42 Å². The van der Waals surface area contributed by atoms with E-state index in [1.54, 1.807) is 6.61 Å². The minimum absolute atomic E-state index is 0.819. The van der Waals surface area contributed by atoms with Crippen LogP contribution in [0.25, 0.3) is 0 Å². The Hall–Kier alpha value is -0.0400. The zero-order valence-electron chi connectivity index (χ0n) is 2.27. The van der Waals surface area contributed by atoms with Gasteiger partial charge < -0.3 is 4.74 Å². The van der Waals surface area contributed by atoms with Gasteiger partial charge in [0.2, 0.25) is 0 Å². The van der Waals surface area contributed by atoms with Gasteiger partial charge in [-0.3, -0.25) is 0 Å². The molecule has 0 unspecified atom stereocenters. The number of rotatable bonds is 0. The molecule has 0 aromatic carbocycles. The molecule has 0 aromatic rings. The summed E-state index contributed by atoms with van der Waals surface area (Å²) in [4.78, 5) is 0. The average molecular weight is 56.1 g/mol. The summed E-state index contributed by atoms with van der Waals surface area (Å²) in [6, 6.07) is 0. The van der Waals surface area contributed by atoms with Crippen LogP contribution in [-0.4, -0.2) is 6.61 Å². The van der Waals surface area contributed by atoms with Crippen LogP contribution in [0, 0.1) is 13.0 Å². The standard InChI is InChI=1S/C3H4O/c1-2-4-3-1/h1-2H,3H2. The normalized spacial score (nSPS) is 24.0. The summed E-state index contributed by atoms with van der Waals surface area (Å²) in [5.41, 5.74) is 0. The van der Waals surface area contributed by atoms with Gasteiger partial charge in [-0.25, -0.2) is 0 Å². The summed E-state index contributed by atoms with van der Waals surface area (Å²) in [5, 5.41) is 0. The van der Waals surface area contributed by atoms with Gasteiger partial charge in [0.1, 0.15) is 0 Å². The second-order valence-corrected chi connectivity index (χ2v) is 0.705. The lowest BCUT2D eigenvalue weighted by Crippen LogP contribution is -2.03. The highest BCUT2D eigenvalue weighted by atomic mass is 16.5. The fourth-order valence-electron chi connectivity index (χ4n) is 0.0962. The maximum atomic E-state index is 4.54. The minimum Gasteiger partial charge on any atom is -0.375 e. The van der Waals surface area contributed by atoms with Crippen LogP contribution in [0.5, 0.6) is 0 Å². The first-order valence-corrected chi connectivity index (χ1v) is 1.27. The van der Waals surface area contributed by atoms with Gasteiger partial charge in [-0.05, 0) is 0 Å². The summed E-state index contributed by atoms with van der Waals surface area (Å²) in [6.07, 6.45) is 1.96. The van der Waals surface area contributed by atoms with Crippen molar-refractivity contribution >= 4 is 0 Å². The van der Waals surface area contributed by atoms with Gasteiger partial charge in [0.15, 0.2) is 0 Å². The molecule has 22 valence electrons. The molecule has 1 rings (SSSR count). The molecule has 1 saturated heterocycles. The third-order valence-electron chi connectivity index (χ3n) is 0.385. The second-order valence-electron chi connectivity index (χ2n) is 0.705. The summed E-state index contributed by atoms with van der Waals surface area (Å²) < 4.78 is 4.54. The molecule has 1 heterocycles. The molecule has 1 aliphatic rings. The maximum Gasteiger partial charge on any atom is 0.0895 e. The van der Waals surface area contributed by atoms with Crippen molar-refractivity contribution in [3.63, 3.8) is 0 Å². The van der Waals surface area contributed by atoms with Gasteiger partial charge in [0.25, 0.3) is 0 Å². The van der Waals surface area contributed by atoms with Crippen molar-refractivity contribution in [1.29, 1.82) is 0 Å². The van der Waals surface area contributed by atoms with Gasteiger partial charge in [-0.1, -0.05) is 0 Å². The lowest BCUT2D eigenvalue weighted by atomic mass is 10.4. The van der Waals surface area contributed by atoms with Gasteiger partial charge in [-0.15, -0.1) is 0 Å². The summed E-state index contributed by atoms with van der Waals surface area (Å²) in [6.45, 7) is 2.50. The Morgan fingerprint density at radius 1 is 1.75 bits per heavy atom. The molecule has 1 nitrogen and oxygen atoms in total. The molecule has 0 atom stereocenters. The lowest BCUT2D eigenvalue weighted by Gasteiger charge is -2.07. The highest BCUT2D eigenvalue weighted by Gasteiger charge is 1.96. The first-order chi connectivity index (χ1) is 2.00. The predicted octanol–water partition coefficient (Wildman–Crippen LogP) is 0.383. The third-order valence-corrected chi connectivity index (χ3v) is 0.385. The molecule has 0 saturated carbocycles. The van der Waals surface area contributed by atoms with Crippen molar-refractivity contribution in [2.75, 3.05) is 6.61 Å². The lowest BCUT2D eigenvalue weighted by molar-refractivity contribution is 0.162. The van der Waals surface area contributed by atoms with E-state index in [-0.39, 0.29) is 0 Å². The summed E-state index contributed by atoms with van der Waals surface area (Å²) in [7, 11) is 0. The Balaban J connectivity index is 2.00. The van der Waals surface area contributed by atoms with Crippen LogP contribution in [0.15, 0.2) is 0 Å². The minimum atomic E-state index is 0.819. The molecule has 0 spiro atoms. The molecule has 1 aliphatic heterocycles. The molecule has 4 heavy (non-hydrogen) atoms. The smallest absolute Gasteiger partial charge is 0.0895 e. The van der Waals surface area contributed by atoms with Gasteiger partial charge in [0.05, 0.1) is 13.2 Å². The van der Waals surface area contributed by atoms with E-state index in [1.165, 1.54) is 0 Å². The maximum absolute atomic E-state index is 4.54. The fraction of sp³-hybridized carbons (Fsp3) is 0.333. The van der Waals surface area contributed by atoms with Crippen molar-refractivity contribution in [2.45, 2.75) is 0 Å². The highest BCUT2D eigenvalue weighted by molar-refractivity contribution is 4.83. The molecule has 2 radical (unpaired) electrons. The van der Waals surface area contributed by atoms with Crippen molar-refractivity contribution in [1.82, 2.24) is 0 Å². The quantitative estimate of drug-likeness (QED) is 0.390. The molecule has 0 aliphatic carbocycles. The van der Waals surface area contributed by atoms with E-state index in [4.69, 9.17) is 0 Å². The molecular weight excluding hydrogens is 52.0 g/mol. The third kappa shape index (κ3) is 0.115. The molecule has 0 amide bonds. The monoisotopic (exact) mass is 56.0 g/mol. The number of hydrogen-bond donors (Lipinski definition) is 0. The van der Waals surface area contributed by atoms with E-state index in [0.717, 1.165) is 6.61 Å². The Labute approximate surface area is 25.6 Å². The molecule has 1 heteroatoms. The topological polar surface area (TPSA) is 9.23 Å². The van der Waals surface area contributed by atoms with E-state index in [2.05, 4.69) is 4.74 Å². The van der Waals surface area contributed by atoms with E-state index in [1.807, 2.05) is 6.42 Å². The first-order valence-electron chi connectivity index (χ1n) is 1.27. The largest absolute Gasteiger partial charge is 0.375 e. The Kier molecular flexibility index (Phi) is 0.401. The Morgan fingerprint density at radius 2 is 2.00 bits per heavy atom. The summed E-state index contributed by atoms with van der Waals surface area (Å²) >= 11 is 0. The van der Waals surface area contributed by atoms with E-state index in [0.29, 0.717) is 0 Å². The van der Waals surface area contributed by atoms with Crippen LogP contribution in [0.1, 0.15) is 0 Å². The zero-order valence-corrected chi connectivity index (χ0v) is 2.27. The van der Waals surface area contributed by atoms with Crippen LogP contribution >= 0.6 is 0 Å². The highest BCUT2D eigenvalue weighted by Crippen LogP contribution is 1.98. The molecule has 0 aromatic heterocycles. The molecular formula is C3H4O. The molecule has 0 N–H and O–H groups in total. The van der Waals surface area contributed by atoms with Crippen LogP contribution in [0.3, 0.4) is 0 Å². The van der Waals surface area contributed by atoms with Crippen LogP contribution < -0.4 is 0 Å². The predicted molar refractivity (Wildman–Crippen MR) is 14.6 cm³/mol. The number of hydrogen-bond acceptors (Lipinski definition) is 1. The molecule has 0 bridgehead atoms. The Bertz CT molecular complexity index is 11.2. The van der Waals surface area contributed by atoms with Crippen LogP contribution in [-0.2, 0) is 4.74 Å². The second kappa shape index (κ2) is 0.725. The van der Waals surface area contributed by atoms with Gasteiger partial charge in [-0.2, -0.15) is 0 Å². The van der Waals surface area contributed by atoms with Crippen LogP contribution in [0.2, 0.25) is 0 Å². The van der Waals surface area contributed by atoms with Crippen molar-refractivity contribution in [3.8, 4) is 0 Å². The van der Waals surface area contributed by atoms with Crippen molar-refractivity contribution in [3.05, 3.63) is 13.0 Å². The fourth-order valence-corrected chi connectivity index (χ4v) is 0.0962. The molecule has 1 fully saturated rings. The van der Waals surface area contributed by atoms with E-state index in [9.17, 15) is 0 Å². The van der Waals surface area contributed by atoms with Crippen molar-refractivity contribution < 1.29 is 4.74 Å². The Morgan fingerprint density at radius 3 is 2.00 bits per heavy atom. The van der Waals surface area contributed by atoms with Crippen molar-refractivity contribution in [2.24, 2.45) is 0 Å².